The molecule has 4 heteroatoms. The molecule has 0 saturated heterocycles. The fourth-order valence-electron chi connectivity index (χ4n) is 3.86. The molecule has 0 unspecified atom stereocenters. The van der Waals surface area contributed by atoms with Gasteiger partial charge < -0.3 is 14.2 Å². The van der Waals surface area contributed by atoms with Crippen LogP contribution >= 0.6 is 0 Å². The molecule has 0 spiro atoms. The van der Waals surface area contributed by atoms with Crippen molar-refractivity contribution in [2.24, 2.45) is 0 Å². The van der Waals surface area contributed by atoms with Gasteiger partial charge in [0.1, 0.15) is 12.4 Å². The van der Waals surface area contributed by atoms with E-state index in [0.29, 0.717) is 6.61 Å². The molecule has 0 amide bonds. The minimum Gasteiger partial charge on any atom is -0.492 e. The highest BCUT2D eigenvalue weighted by molar-refractivity contribution is 6.07. The van der Waals surface area contributed by atoms with Crippen molar-refractivity contribution in [3.63, 3.8) is 0 Å². The molecule has 5 rings (SSSR count). The summed E-state index contributed by atoms with van der Waals surface area (Å²) in [5.74, 6) is 0.895. The van der Waals surface area contributed by atoms with Gasteiger partial charge in [-0.25, -0.2) is 0 Å². The van der Waals surface area contributed by atoms with Crippen LogP contribution in [0, 0.1) is 0 Å². The molecule has 148 valence electrons. The lowest BCUT2D eigenvalue weighted by Gasteiger charge is -2.15. The number of pyridine rings is 1. The topological polar surface area (TPSA) is 30.3 Å². The molecule has 2 aromatic heterocycles. The Morgan fingerprint density at radius 2 is 1.53 bits per heavy atom. The van der Waals surface area contributed by atoms with Crippen LogP contribution in [0.4, 0.5) is 0 Å². The van der Waals surface area contributed by atoms with Crippen molar-refractivity contribution in [3.05, 3.63) is 109 Å². The Balaban J connectivity index is 1.29. The van der Waals surface area contributed by atoms with Crippen molar-refractivity contribution in [3.8, 4) is 5.75 Å². The molecule has 0 radical (unpaired) electrons. The predicted molar refractivity (Wildman–Crippen MR) is 122 cm³/mol. The zero-order valence-corrected chi connectivity index (χ0v) is 16.7. The van der Waals surface area contributed by atoms with Crippen LogP contribution < -0.4 is 4.74 Å². The molecule has 0 atom stereocenters. The normalized spacial score (nSPS) is 13.3. The van der Waals surface area contributed by atoms with Crippen LogP contribution in [0.25, 0.3) is 21.8 Å². The maximum atomic E-state index is 5.94. The van der Waals surface area contributed by atoms with Crippen molar-refractivity contribution >= 4 is 21.8 Å². The predicted octanol–water partition coefficient (Wildman–Crippen LogP) is 5.52. The molecule has 0 bridgehead atoms. The Kier molecular flexibility index (Phi) is 5.05. The number of hydrogen-bond donors (Lipinski definition) is 0. The molecule has 1 aliphatic rings. The van der Waals surface area contributed by atoms with Crippen LogP contribution in [0.5, 0.6) is 5.75 Å². The number of nitrogens with zero attached hydrogens (tertiary/aromatic N) is 3. The number of aromatic nitrogens is 2. The molecule has 30 heavy (non-hydrogen) atoms. The first kappa shape index (κ1) is 18.3. The average Bonchev–Trinajstić information content (AvgIpc) is 2.93. The summed E-state index contributed by atoms with van der Waals surface area (Å²) in [7, 11) is 0. The van der Waals surface area contributed by atoms with Crippen LogP contribution in [0.3, 0.4) is 0 Å². The summed E-state index contributed by atoms with van der Waals surface area (Å²) >= 11 is 0. The molecule has 0 saturated carbocycles. The molecular formula is C26H23N3O. The van der Waals surface area contributed by atoms with E-state index < -0.39 is 0 Å². The molecule has 3 heterocycles. The maximum absolute atomic E-state index is 5.94. The van der Waals surface area contributed by atoms with Crippen LogP contribution in [-0.4, -0.2) is 27.6 Å². The standard InChI is InChI=1S/C26H23N3O/c1-2-6-16-28(15-5-1)17-18-30-22-11-9-21(10-12-22)20-29-25-8-4-3-7-23(25)24-19-27-14-13-26(24)29/h1-16,19H,17-18,20H2. The van der Waals surface area contributed by atoms with Gasteiger partial charge in [-0.3, -0.25) is 4.98 Å². The Labute approximate surface area is 176 Å². The van der Waals surface area contributed by atoms with E-state index in [-0.39, 0.29) is 0 Å². The summed E-state index contributed by atoms with van der Waals surface area (Å²) in [6.45, 7) is 2.25. The molecule has 2 aromatic carbocycles. The van der Waals surface area contributed by atoms with Crippen molar-refractivity contribution in [2.45, 2.75) is 6.54 Å². The second-order valence-electron chi connectivity index (χ2n) is 7.29. The maximum Gasteiger partial charge on any atom is 0.119 e. The quantitative estimate of drug-likeness (QED) is 0.432. The van der Waals surface area contributed by atoms with Gasteiger partial charge in [-0.2, -0.15) is 0 Å². The smallest absolute Gasteiger partial charge is 0.119 e. The van der Waals surface area contributed by atoms with Crippen LogP contribution in [-0.2, 0) is 6.54 Å². The number of rotatable bonds is 6. The average molecular weight is 393 g/mol. The molecule has 0 N–H and O–H groups in total. The Morgan fingerprint density at radius 3 is 2.37 bits per heavy atom. The number of allylic oxidation sites excluding steroid dienone is 4. The molecule has 4 nitrogen and oxygen atoms in total. The van der Waals surface area contributed by atoms with Gasteiger partial charge in [0.2, 0.25) is 0 Å². The second kappa shape index (κ2) is 8.29. The Hall–Kier alpha value is -3.79. The van der Waals surface area contributed by atoms with Gasteiger partial charge in [0.25, 0.3) is 0 Å². The Bertz CT molecular complexity index is 1180. The summed E-state index contributed by atoms with van der Waals surface area (Å²) in [5, 5.41) is 2.44. The SMILES string of the molecule is C1=CC=CN(CCOc2ccc(Cn3c4ccccc4c4cnccc43)cc2)C=C1. The zero-order valence-electron chi connectivity index (χ0n) is 16.7. The van der Waals surface area contributed by atoms with Gasteiger partial charge in [0.15, 0.2) is 0 Å². The lowest BCUT2D eigenvalue weighted by molar-refractivity contribution is 0.284. The zero-order chi connectivity index (χ0) is 20.2. The monoisotopic (exact) mass is 393 g/mol. The highest BCUT2D eigenvalue weighted by Gasteiger charge is 2.10. The van der Waals surface area contributed by atoms with E-state index in [0.717, 1.165) is 18.8 Å². The van der Waals surface area contributed by atoms with Gasteiger partial charge in [0, 0.05) is 47.6 Å². The largest absolute Gasteiger partial charge is 0.492 e. The summed E-state index contributed by atoms with van der Waals surface area (Å²) in [4.78, 5) is 6.43. The van der Waals surface area contributed by atoms with Crippen molar-refractivity contribution in [1.29, 1.82) is 0 Å². The molecular weight excluding hydrogens is 370 g/mol. The third-order valence-corrected chi connectivity index (χ3v) is 5.34. The summed E-state index contributed by atoms with van der Waals surface area (Å²) in [6.07, 6.45) is 16.0. The van der Waals surface area contributed by atoms with E-state index in [1.807, 2.05) is 49.1 Å². The van der Waals surface area contributed by atoms with Gasteiger partial charge in [-0.05, 0) is 42.0 Å². The first-order valence-corrected chi connectivity index (χ1v) is 10.2. The van der Waals surface area contributed by atoms with E-state index >= 15 is 0 Å². The van der Waals surface area contributed by atoms with E-state index in [4.69, 9.17) is 4.74 Å². The molecule has 4 aromatic rings. The molecule has 0 aliphatic carbocycles. The van der Waals surface area contributed by atoms with E-state index in [2.05, 4.69) is 69.0 Å². The third kappa shape index (κ3) is 3.72. The van der Waals surface area contributed by atoms with Gasteiger partial charge in [0.05, 0.1) is 12.1 Å². The highest BCUT2D eigenvalue weighted by Crippen LogP contribution is 2.29. The number of para-hydroxylation sites is 1. The summed E-state index contributed by atoms with van der Waals surface area (Å²) in [6, 6.07) is 19.0. The summed E-state index contributed by atoms with van der Waals surface area (Å²) in [5.41, 5.74) is 3.68. The lowest BCUT2D eigenvalue weighted by Crippen LogP contribution is -2.17. The first-order valence-electron chi connectivity index (χ1n) is 10.2. The van der Waals surface area contributed by atoms with Crippen molar-refractivity contribution in [2.75, 3.05) is 13.2 Å². The van der Waals surface area contributed by atoms with E-state index in [1.54, 1.807) is 0 Å². The van der Waals surface area contributed by atoms with Crippen molar-refractivity contribution in [1.82, 2.24) is 14.5 Å². The Morgan fingerprint density at radius 1 is 0.767 bits per heavy atom. The minimum absolute atomic E-state index is 0.633. The van der Waals surface area contributed by atoms with Gasteiger partial charge in [-0.1, -0.05) is 42.5 Å². The molecule has 1 aliphatic heterocycles. The van der Waals surface area contributed by atoms with Crippen LogP contribution in [0.1, 0.15) is 5.56 Å². The first-order chi connectivity index (χ1) is 14.9. The number of benzene rings is 2. The van der Waals surface area contributed by atoms with E-state index in [9.17, 15) is 0 Å². The van der Waals surface area contributed by atoms with Gasteiger partial charge >= 0.3 is 0 Å². The van der Waals surface area contributed by atoms with Gasteiger partial charge in [-0.15, -0.1) is 0 Å². The van der Waals surface area contributed by atoms with Crippen molar-refractivity contribution < 1.29 is 4.74 Å². The lowest BCUT2D eigenvalue weighted by atomic mass is 10.2. The molecule has 0 fully saturated rings. The fourth-order valence-corrected chi connectivity index (χ4v) is 3.86. The second-order valence-corrected chi connectivity index (χ2v) is 7.29. The number of ether oxygens (including phenoxy) is 1. The van der Waals surface area contributed by atoms with E-state index in [1.165, 1.54) is 27.4 Å². The highest BCUT2D eigenvalue weighted by atomic mass is 16.5. The number of hydrogen-bond acceptors (Lipinski definition) is 3. The number of fused-ring (bicyclic) bond motifs is 3. The third-order valence-electron chi connectivity index (χ3n) is 5.34. The van der Waals surface area contributed by atoms with Crippen LogP contribution in [0.2, 0.25) is 0 Å². The van der Waals surface area contributed by atoms with Crippen LogP contribution in [0.15, 0.2) is 104 Å². The minimum atomic E-state index is 0.633. The summed E-state index contributed by atoms with van der Waals surface area (Å²) < 4.78 is 8.29. The fraction of sp³-hybridized carbons (Fsp3) is 0.115.